The third-order valence-corrected chi connectivity index (χ3v) is 3.14. The van der Waals surface area contributed by atoms with Gasteiger partial charge in [0.2, 0.25) is 5.91 Å². The molecule has 0 spiro atoms. The summed E-state index contributed by atoms with van der Waals surface area (Å²) >= 11 is 1.30. The molecule has 104 valence electrons. The number of aryl methyl sites for hydroxylation is 2. The van der Waals surface area contributed by atoms with Gasteiger partial charge in [-0.2, -0.15) is 0 Å². The first-order valence-electron chi connectivity index (χ1n) is 5.72. The lowest BCUT2D eigenvalue weighted by molar-refractivity contribution is -0.144. The Hall–Kier alpha value is -1.63. The van der Waals surface area contributed by atoms with Crippen molar-refractivity contribution in [2.75, 3.05) is 12.9 Å². The first kappa shape index (κ1) is 15.4. The Labute approximate surface area is 116 Å². The maximum absolute atomic E-state index is 11.5. The van der Waals surface area contributed by atoms with Gasteiger partial charge in [-0.15, -0.1) is 0 Å². The van der Waals surface area contributed by atoms with Gasteiger partial charge in [0.05, 0.1) is 7.11 Å². The van der Waals surface area contributed by atoms with Crippen molar-refractivity contribution in [3.8, 4) is 0 Å². The summed E-state index contributed by atoms with van der Waals surface area (Å²) < 4.78 is 4.64. The Morgan fingerprint density at radius 3 is 2.42 bits per heavy atom. The summed E-state index contributed by atoms with van der Waals surface area (Å²) in [5.41, 5.74) is 1.73. The fourth-order valence-electron chi connectivity index (χ4n) is 1.47. The Morgan fingerprint density at radius 2 is 1.95 bits per heavy atom. The molecule has 0 aliphatic carbocycles. The van der Waals surface area contributed by atoms with E-state index < -0.39 is 12.0 Å². The van der Waals surface area contributed by atoms with Crippen LogP contribution in [0.5, 0.6) is 0 Å². The number of ether oxygens (including phenoxy) is 1. The van der Waals surface area contributed by atoms with E-state index in [1.54, 1.807) is 0 Å². The molecule has 0 aliphatic rings. The number of carbonyl (C=O) groups excluding carboxylic acids is 2. The monoisotopic (exact) mass is 283 g/mol. The van der Waals surface area contributed by atoms with Crippen LogP contribution in [0.3, 0.4) is 0 Å². The van der Waals surface area contributed by atoms with Crippen molar-refractivity contribution in [3.05, 3.63) is 17.5 Å². The molecule has 0 aliphatic heterocycles. The molecule has 1 amide bonds. The zero-order valence-corrected chi connectivity index (χ0v) is 12.2. The van der Waals surface area contributed by atoms with Gasteiger partial charge in [-0.05, 0) is 19.9 Å². The number of rotatable bonds is 5. The average Bonchev–Trinajstić information content (AvgIpc) is 2.31. The number of aromatic nitrogens is 2. The highest BCUT2D eigenvalue weighted by atomic mass is 32.2. The van der Waals surface area contributed by atoms with Crippen molar-refractivity contribution < 1.29 is 14.3 Å². The zero-order valence-electron chi connectivity index (χ0n) is 11.4. The maximum Gasteiger partial charge on any atom is 0.329 e. The second kappa shape index (κ2) is 7.08. The molecule has 1 aromatic rings. The number of thioether (sulfide) groups is 1. The van der Waals surface area contributed by atoms with Gasteiger partial charge in [0.15, 0.2) is 5.16 Å². The molecule has 0 bridgehead atoms. The van der Waals surface area contributed by atoms with Gasteiger partial charge in [0.25, 0.3) is 0 Å². The van der Waals surface area contributed by atoms with Crippen LogP contribution in [0.4, 0.5) is 0 Å². The average molecular weight is 283 g/mol. The number of carbonyl (C=O) groups is 2. The van der Waals surface area contributed by atoms with Gasteiger partial charge in [-0.25, -0.2) is 14.8 Å². The Kier molecular flexibility index (Phi) is 5.75. The Morgan fingerprint density at radius 1 is 1.37 bits per heavy atom. The molecule has 1 rings (SSSR count). The van der Waals surface area contributed by atoms with Crippen molar-refractivity contribution in [1.82, 2.24) is 15.3 Å². The lowest BCUT2D eigenvalue weighted by Gasteiger charge is -2.14. The molecule has 0 aromatic carbocycles. The van der Waals surface area contributed by atoms with Gasteiger partial charge in [-0.3, -0.25) is 4.79 Å². The fraction of sp³-hybridized carbons (Fsp3) is 0.500. The van der Waals surface area contributed by atoms with Gasteiger partial charge in [0, 0.05) is 24.1 Å². The molecule has 19 heavy (non-hydrogen) atoms. The van der Waals surface area contributed by atoms with Crippen LogP contribution in [0.25, 0.3) is 0 Å². The summed E-state index contributed by atoms with van der Waals surface area (Å²) in [5.74, 6) is -0.431. The number of esters is 1. The summed E-state index contributed by atoms with van der Waals surface area (Å²) in [6, 6.07) is 1.17. The summed E-state index contributed by atoms with van der Waals surface area (Å²) in [6.45, 7) is 5.11. The van der Waals surface area contributed by atoms with Crippen LogP contribution < -0.4 is 5.32 Å². The molecule has 6 nitrogen and oxygen atoms in total. The van der Waals surface area contributed by atoms with E-state index in [9.17, 15) is 9.59 Å². The van der Waals surface area contributed by atoms with Crippen molar-refractivity contribution in [2.45, 2.75) is 32.0 Å². The predicted molar refractivity (Wildman–Crippen MR) is 71.9 cm³/mol. The number of nitrogens with zero attached hydrogens (tertiary/aromatic N) is 2. The number of hydrogen-bond acceptors (Lipinski definition) is 6. The van der Waals surface area contributed by atoms with E-state index in [-0.39, 0.29) is 5.91 Å². The molecule has 0 radical (unpaired) electrons. The van der Waals surface area contributed by atoms with Crippen LogP contribution >= 0.6 is 11.8 Å². The van der Waals surface area contributed by atoms with E-state index in [1.807, 2.05) is 19.9 Å². The highest BCUT2D eigenvalue weighted by Crippen LogP contribution is 2.15. The summed E-state index contributed by atoms with van der Waals surface area (Å²) in [5, 5.41) is 3.12. The first-order chi connectivity index (χ1) is 8.92. The van der Waals surface area contributed by atoms with E-state index in [0.717, 1.165) is 11.4 Å². The highest BCUT2D eigenvalue weighted by molar-refractivity contribution is 7.99. The summed E-state index contributed by atoms with van der Waals surface area (Å²) in [4.78, 5) is 31.1. The second-order valence-electron chi connectivity index (χ2n) is 4.02. The SMILES string of the molecule is COC(=O)C(CSc1nc(C)cc(C)n1)NC(C)=O. The highest BCUT2D eigenvalue weighted by Gasteiger charge is 2.20. The number of hydrogen-bond donors (Lipinski definition) is 1. The summed E-state index contributed by atoms with van der Waals surface area (Å²) in [7, 11) is 1.29. The van der Waals surface area contributed by atoms with Gasteiger partial charge >= 0.3 is 5.97 Å². The third-order valence-electron chi connectivity index (χ3n) is 2.20. The van der Waals surface area contributed by atoms with Gasteiger partial charge < -0.3 is 10.1 Å². The molecule has 1 unspecified atom stereocenters. The van der Waals surface area contributed by atoms with E-state index in [2.05, 4.69) is 20.0 Å². The summed E-state index contributed by atoms with van der Waals surface area (Å²) in [6.07, 6.45) is 0. The van der Waals surface area contributed by atoms with E-state index in [0.29, 0.717) is 10.9 Å². The maximum atomic E-state index is 11.5. The zero-order chi connectivity index (χ0) is 14.4. The number of methoxy groups -OCH3 is 1. The minimum atomic E-state index is -0.697. The molecule has 0 fully saturated rings. The smallest absolute Gasteiger partial charge is 0.329 e. The second-order valence-corrected chi connectivity index (χ2v) is 5.01. The molecule has 7 heteroatoms. The quantitative estimate of drug-likeness (QED) is 0.490. The largest absolute Gasteiger partial charge is 0.467 e. The van der Waals surface area contributed by atoms with Gasteiger partial charge in [-0.1, -0.05) is 11.8 Å². The van der Waals surface area contributed by atoms with E-state index in [4.69, 9.17) is 0 Å². The van der Waals surface area contributed by atoms with Crippen molar-refractivity contribution in [2.24, 2.45) is 0 Å². The third kappa shape index (κ3) is 5.25. The van der Waals surface area contributed by atoms with Crippen LogP contribution in [0, 0.1) is 13.8 Å². The lowest BCUT2D eigenvalue weighted by Crippen LogP contribution is -2.42. The Bertz CT molecular complexity index is 459. The van der Waals surface area contributed by atoms with Crippen molar-refractivity contribution >= 4 is 23.6 Å². The number of nitrogens with one attached hydrogen (secondary N) is 1. The molecule has 1 atom stereocenters. The normalized spacial score (nSPS) is 11.8. The fourth-order valence-corrected chi connectivity index (χ4v) is 2.42. The van der Waals surface area contributed by atoms with Gasteiger partial charge in [0.1, 0.15) is 6.04 Å². The standard InChI is InChI=1S/C12H17N3O3S/c1-7-5-8(2)14-12(13-7)19-6-10(11(17)18-4)15-9(3)16/h5,10H,6H2,1-4H3,(H,15,16). The minimum absolute atomic E-state index is 0.280. The molecular formula is C12H17N3O3S. The molecular weight excluding hydrogens is 266 g/mol. The minimum Gasteiger partial charge on any atom is -0.467 e. The van der Waals surface area contributed by atoms with Crippen LogP contribution in [-0.2, 0) is 14.3 Å². The van der Waals surface area contributed by atoms with Crippen LogP contribution in [0.15, 0.2) is 11.2 Å². The Balaban J connectivity index is 2.69. The van der Waals surface area contributed by atoms with Crippen molar-refractivity contribution in [1.29, 1.82) is 0 Å². The van der Waals surface area contributed by atoms with Crippen LogP contribution in [-0.4, -0.2) is 40.7 Å². The van der Waals surface area contributed by atoms with E-state index in [1.165, 1.54) is 25.8 Å². The molecule has 0 saturated heterocycles. The number of amides is 1. The molecule has 1 aromatic heterocycles. The molecule has 0 saturated carbocycles. The predicted octanol–water partition coefficient (Wildman–Crippen LogP) is 0.863. The molecule has 1 heterocycles. The molecule has 1 N–H and O–H groups in total. The van der Waals surface area contributed by atoms with Crippen LogP contribution in [0.1, 0.15) is 18.3 Å². The van der Waals surface area contributed by atoms with Crippen molar-refractivity contribution in [3.63, 3.8) is 0 Å². The topological polar surface area (TPSA) is 81.2 Å². The van der Waals surface area contributed by atoms with E-state index >= 15 is 0 Å². The van der Waals surface area contributed by atoms with Crippen LogP contribution in [0.2, 0.25) is 0 Å². The lowest BCUT2D eigenvalue weighted by atomic mass is 10.3. The first-order valence-corrected chi connectivity index (χ1v) is 6.71.